The van der Waals surface area contributed by atoms with Crippen molar-refractivity contribution < 1.29 is 18.0 Å². The number of anilines is 2. The van der Waals surface area contributed by atoms with Crippen LogP contribution in [0, 0.1) is 0 Å². The van der Waals surface area contributed by atoms with Crippen LogP contribution < -0.4 is 10.6 Å². The Kier molecular flexibility index (Phi) is 5.78. The van der Waals surface area contributed by atoms with E-state index in [0.717, 1.165) is 25.0 Å². The highest BCUT2D eigenvalue weighted by atomic mass is 19.4. The molecule has 2 rings (SSSR count). The van der Waals surface area contributed by atoms with E-state index in [1.165, 1.54) is 24.5 Å². The highest BCUT2D eigenvalue weighted by Gasteiger charge is 2.30. The molecule has 0 aliphatic rings. The molecule has 0 saturated heterocycles. The van der Waals surface area contributed by atoms with E-state index in [4.69, 9.17) is 0 Å². The van der Waals surface area contributed by atoms with Crippen LogP contribution in [0.4, 0.5) is 24.5 Å². The molecule has 0 fully saturated rings. The van der Waals surface area contributed by atoms with E-state index in [1.807, 2.05) is 6.92 Å². The molecule has 7 heteroatoms. The van der Waals surface area contributed by atoms with Crippen LogP contribution in [-0.4, -0.2) is 17.4 Å². The summed E-state index contributed by atoms with van der Waals surface area (Å²) < 4.78 is 38.2. The quantitative estimate of drug-likeness (QED) is 0.770. The second kappa shape index (κ2) is 7.81. The van der Waals surface area contributed by atoms with E-state index in [9.17, 15) is 18.0 Å². The van der Waals surface area contributed by atoms with Gasteiger partial charge in [0.2, 0.25) is 0 Å². The monoisotopic (exact) mass is 337 g/mol. The van der Waals surface area contributed by atoms with Crippen LogP contribution >= 0.6 is 0 Å². The fourth-order valence-electron chi connectivity index (χ4n) is 2.05. The molecule has 0 bridgehead atoms. The molecule has 1 heterocycles. The van der Waals surface area contributed by atoms with Gasteiger partial charge in [0.05, 0.1) is 23.0 Å². The summed E-state index contributed by atoms with van der Waals surface area (Å²) in [4.78, 5) is 15.9. The van der Waals surface area contributed by atoms with Crippen molar-refractivity contribution in [1.82, 2.24) is 10.3 Å². The summed E-state index contributed by atoms with van der Waals surface area (Å²) in [6.45, 7) is 2.59. The molecule has 24 heavy (non-hydrogen) atoms. The molecule has 2 N–H and O–H groups in total. The van der Waals surface area contributed by atoms with E-state index < -0.39 is 11.7 Å². The van der Waals surface area contributed by atoms with Crippen molar-refractivity contribution in [2.75, 3.05) is 11.9 Å². The number of alkyl halides is 3. The summed E-state index contributed by atoms with van der Waals surface area (Å²) in [6.07, 6.45) is 0.301. The number of rotatable bonds is 6. The molecule has 128 valence electrons. The zero-order valence-electron chi connectivity index (χ0n) is 13.2. The standard InChI is InChI=1S/C17H18F3N3O/c1-2-3-7-22-16(24)12-8-15(11-21-10-12)23-14-6-4-5-13(9-14)17(18,19)20/h4-6,8-11,23H,2-3,7H2,1H3,(H,22,24). The Bertz CT molecular complexity index is 701. The number of unbranched alkanes of at least 4 members (excludes halogenated alkanes) is 1. The smallest absolute Gasteiger partial charge is 0.354 e. The summed E-state index contributed by atoms with van der Waals surface area (Å²) in [5.41, 5.74) is 0.324. The first-order valence-corrected chi connectivity index (χ1v) is 7.57. The van der Waals surface area contributed by atoms with Crippen molar-refractivity contribution in [3.05, 3.63) is 53.9 Å². The Balaban J connectivity index is 2.11. The van der Waals surface area contributed by atoms with Gasteiger partial charge in [-0.05, 0) is 30.7 Å². The molecule has 0 saturated carbocycles. The Morgan fingerprint density at radius 2 is 1.96 bits per heavy atom. The molecule has 4 nitrogen and oxygen atoms in total. The maximum absolute atomic E-state index is 12.7. The molecule has 0 spiro atoms. The lowest BCUT2D eigenvalue weighted by Gasteiger charge is -2.11. The van der Waals surface area contributed by atoms with Crippen LogP contribution in [-0.2, 0) is 6.18 Å². The number of aromatic nitrogens is 1. The van der Waals surface area contributed by atoms with Crippen molar-refractivity contribution in [1.29, 1.82) is 0 Å². The highest BCUT2D eigenvalue weighted by molar-refractivity contribution is 5.94. The largest absolute Gasteiger partial charge is 0.416 e. The van der Waals surface area contributed by atoms with Crippen LogP contribution in [0.5, 0.6) is 0 Å². The van der Waals surface area contributed by atoms with Gasteiger partial charge in [-0.2, -0.15) is 13.2 Å². The zero-order chi connectivity index (χ0) is 17.6. The topological polar surface area (TPSA) is 54.0 Å². The van der Waals surface area contributed by atoms with Crippen LogP contribution in [0.3, 0.4) is 0 Å². The number of halogens is 3. The van der Waals surface area contributed by atoms with Gasteiger partial charge in [-0.25, -0.2) is 0 Å². The Morgan fingerprint density at radius 3 is 2.67 bits per heavy atom. The second-order valence-corrected chi connectivity index (χ2v) is 5.28. The molecule has 0 aliphatic carbocycles. The van der Waals surface area contributed by atoms with Gasteiger partial charge in [0.1, 0.15) is 0 Å². The van der Waals surface area contributed by atoms with Gasteiger partial charge in [-0.15, -0.1) is 0 Å². The number of carbonyl (C=O) groups excluding carboxylic acids is 1. The van der Waals surface area contributed by atoms with Crippen molar-refractivity contribution in [3.8, 4) is 0 Å². The number of carbonyl (C=O) groups is 1. The number of pyridine rings is 1. The van der Waals surface area contributed by atoms with E-state index in [-0.39, 0.29) is 11.6 Å². The molecular formula is C17H18F3N3O. The van der Waals surface area contributed by atoms with E-state index in [2.05, 4.69) is 15.6 Å². The predicted octanol–water partition coefficient (Wildman–Crippen LogP) is 4.37. The first-order chi connectivity index (χ1) is 11.4. The molecule has 1 aromatic carbocycles. The fraction of sp³-hybridized carbons (Fsp3) is 0.294. The molecule has 0 unspecified atom stereocenters. The van der Waals surface area contributed by atoms with E-state index in [0.29, 0.717) is 17.8 Å². The summed E-state index contributed by atoms with van der Waals surface area (Å²) in [5.74, 6) is -0.261. The zero-order valence-corrected chi connectivity index (χ0v) is 13.2. The van der Waals surface area contributed by atoms with E-state index >= 15 is 0 Å². The maximum Gasteiger partial charge on any atom is 0.416 e. The summed E-state index contributed by atoms with van der Waals surface area (Å²) in [5, 5.41) is 5.60. The molecule has 2 aromatic rings. The number of nitrogens with one attached hydrogen (secondary N) is 2. The van der Waals surface area contributed by atoms with Crippen molar-refractivity contribution in [3.63, 3.8) is 0 Å². The average molecular weight is 337 g/mol. The molecule has 0 atom stereocenters. The number of amides is 1. The van der Waals surface area contributed by atoms with Crippen molar-refractivity contribution in [2.45, 2.75) is 25.9 Å². The molecule has 0 aliphatic heterocycles. The van der Waals surface area contributed by atoms with Crippen LogP contribution in [0.25, 0.3) is 0 Å². The Labute approximate surface area is 138 Å². The number of hydrogen-bond donors (Lipinski definition) is 2. The summed E-state index contributed by atoms with van der Waals surface area (Å²) >= 11 is 0. The first-order valence-electron chi connectivity index (χ1n) is 7.57. The summed E-state index contributed by atoms with van der Waals surface area (Å²) in [7, 11) is 0. The van der Waals surface area contributed by atoms with E-state index in [1.54, 1.807) is 6.07 Å². The number of nitrogens with zero attached hydrogens (tertiary/aromatic N) is 1. The van der Waals surface area contributed by atoms with Gasteiger partial charge in [0.25, 0.3) is 5.91 Å². The highest BCUT2D eigenvalue weighted by Crippen LogP contribution is 2.31. The Morgan fingerprint density at radius 1 is 1.17 bits per heavy atom. The van der Waals surface area contributed by atoms with Gasteiger partial charge in [0, 0.05) is 18.4 Å². The van der Waals surface area contributed by atoms with Gasteiger partial charge in [-0.3, -0.25) is 9.78 Å². The lowest BCUT2D eigenvalue weighted by molar-refractivity contribution is -0.137. The first kappa shape index (κ1) is 17.8. The fourth-order valence-corrected chi connectivity index (χ4v) is 2.05. The maximum atomic E-state index is 12.7. The SMILES string of the molecule is CCCCNC(=O)c1cncc(Nc2cccc(C(F)(F)F)c2)c1. The average Bonchev–Trinajstić information content (AvgIpc) is 2.55. The molecule has 0 radical (unpaired) electrons. The lowest BCUT2D eigenvalue weighted by Crippen LogP contribution is -2.24. The van der Waals surface area contributed by atoms with Gasteiger partial charge in [0.15, 0.2) is 0 Å². The second-order valence-electron chi connectivity index (χ2n) is 5.28. The molecular weight excluding hydrogens is 319 g/mol. The van der Waals surface area contributed by atoms with Crippen LogP contribution in [0.15, 0.2) is 42.7 Å². The van der Waals surface area contributed by atoms with Gasteiger partial charge in [-0.1, -0.05) is 19.4 Å². The van der Waals surface area contributed by atoms with Gasteiger partial charge >= 0.3 is 6.18 Å². The predicted molar refractivity (Wildman–Crippen MR) is 86.2 cm³/mol. The lowest BCUT2D eigenvalue weighted by atomic mass is 10.2. The molecule has 1 amide bonds. The van der Waals surface area contributed by atoms with Crippen LogP contribution in [0.2, 0.25) is 0 Å². The third kappa shape index (κ3) is 4.97. The third-order valence-electron chi connectivity index (χ3n) is 3.29. The van der Waals surface area contributed by atoms with Gasteiger partial charge < -0.3 is 10.6 Å². The Hall–Kier alpha value is -2.57. The number of hydrogen-bond acceptors (Lipinski definition) is 3. The molecule has 1 aromatic heterocycles. The minimum Gasteiger partial charge on any atom is -0.354 e. The van der Waals surface area contributed by atoms with Crippen molar-refractivity contribution >= 4 is 17.3 Å². The minimum absolute atomic E-state index is 0.261. The summed E-state index contributed by atoms with van der Waals surface area (Å²) in [6, 6.07) is 6.40. The van der Waals surface area contributed by atoms with Crippen molar-refractivity contribution in [2.24, 2.45) is 0 Å². The minimum atomic E-state index is -4.41. The normalized spacial score (nSPS) is 11.2. The number of benzene rings is 1. The van der Waals surface area contributed by atoms with Crippen LogP contribution in [0.1, 0.15) is 35.7 Å². The third-order valence-corrected chi connectivity index (χ3v) is 3.29.